The van der Waals surface area contributed by atoms with Crippen molar-refractivity contribution >= 4 is 23.7 Å². The minimum atomic E-state index is -0.0398. The molecule has 5 nitrogen and oxygen atoms in total. The summed E-state index contributed by atoms with van der Waals surface area (Å²) >= 11 is 6.05. The van der Waals surface area contributed by atoms with Gasteiger partial charge in [0.05, 0.1) is 6.20 Å². The highest BCUT2D eigenvalue weighted by molar-refractivity contribution is 6.30. The highest BCUT2D eigenvalue weighted by Gasteiger charge is 2.33. The number of rotatable bonds is 3. The number of aliphatic imine (C=N–C) groups is 1. The first-order valence-corrected chi connectivity index (χ1v) is 8.76. The molecule has 1 unspecified atom stereocenters. The summed E-state index contributed by atoms with van der Waals surface area (Å²) in [4.78, 5) is 19.2. The molecule has 0 aliphatic carbocycles. The van der Waals surface area contributed by atoms with E-state index in [4.69, 9.17) is 16.1 Å². The van der Waals surface area contributed by atoms with E-state index in [1.807, 2.05) is 29.3 Å². The topological polar surface area (TPSA) is 58.7 Å². The lowest BCUT2D eigenvalue weighted by atomic mass is 9.90. The highest BCUT2D eigenvalue weighted by Crippen LogP contribution is 2.31. The minimum Gasteiger partial charge on any atom is -0.355 e. The van der Waals surface area contributed by atoms with Crippen LogP contribution in [0.1, 0.15) is 16.8 Å². The van der Waals surface area contributed by atoms with E-state index in [0.29, 0.717) is 28.2 Å². The van der Waals surface area contributed by atoms with Crippen molar-refractivity contribution in [2.45, 2.75) is 6.42 Å². The number of aromatic nitrogens is 1. The van der Waals surface area contributed by atoms with Crippen molar-refractivity contribution in [2.75, 3.05) is 19.6 Å². The number of amides is 1. The standard InChI is InChI=1S/C19H18ClN3O2/c20-16-5-1-3-13(9-16)18-17(11-22-25-18)19(24)23-8-6-15(12-23)14-4-2-7-21-10-14/h1-5,7,9,11,14-15H,6,8,10,12H2/t14?,15-/m1/s1. The van der Waals surface area contributed by atoms with E-state index < -0.39 is 0 Å². The van der Waals surface area contributed by atoms with Crippen LogP contribution in [0.5, 0.6) is 0 Å². The van der Waals surface area contributed by atoms with Gasteiger partial charge in [0.25, 0.3) is 5.91 Å². The SMILES string of the molecule is O=C(c1cnoc1-c1cccc(Cl)c1)N1CC[C@@H](C2C=CC=NC2)C1. The Morgan fingerprint density at radius 2 is 2.28 bits per heavy atom. The molecule has 0 saturated carbocycles. The van der Waals surface area contributed by atoms with Crippen LogP contribution in [-0.2, 0) is 0 Å². The number of carbonyl (C=O) groups is 1. The first-order valence-electron chi connectivity index (χ1n) is 8.39. The number of hydrogen-bond donors (Lipinski definition) is 0. The summed E-state index contributed by atoms with van der Waals surface area (Å²) in [7, 11) is 0. The molecule has 0 radical (unpaired) electrons. The summed E-state index contributed by atoms with van der Waals surface area (Å²) in [5.41, 5.74) is 1.24. The van der Waals surface area contributed by atoms with Gasteiger partial charge in [0.1, 0.15) is 5.56 Å². The molecule has 2 aromatic rings. The van der Waals surface area contributed by atoms with Crippen LogP contribution in [0.15, 0.2) is 52.1 Å². The molecule has 6 heteroatoms. The zero-order chi connectivity index (χ0) is 17.2. The van der Waals surface area contributed by atoms with Crippen molar-refractivity contribution in [3.05, 3.63) is 53.2 Å². The third-order valence-electron chi connectivity index (χ3n) is 4.87. The van der Waals surface area contributed by atoms with Crippen LogP contribution < -0.4 is 0 Å². The number of halogens is 1. The molecule has 2 aliphatic heterocycles. The van der Waals surface area contributed by atoms with Gasteiger partial charge in [0, 0.05) is 42.4 Å². The summed E-state index contributed by atoms with van der Waals surface area (Å²) in [5, 5.41) is 4.43. The molecule has 1 fully saturated rings. The predicted molar refractivity (Wildman–Crippen MR) is 96.9 cm³/mol. The van der Waals surface area contributed by atoms with Gasteiger partial charge in [0.15, 0.2) is 5.76 Å². The molecular weight excluding hydrogens is 338 g/mol. The maximum atomic E-state index is 13.0. The van der Waals surface area contributed by atoms with Crippen LogP contribution >= 0.6 is 11.6 Å². The Bertz CT molecular complexity index is 843. The third kappa shape index (κ3) is 3.24. The zero-order valence-corrected chi connectivity index (χ0v) is 14.4. The van der Waals surface area contributed by atoms with E-state index in [2.05, 4.69) is 16.2 Å². The molecule has 0 spiro atoms. The monoisotopic (exact) mass is 355 g/mol. The molecule has 1 amide bonds. The van der Waals surface area contributed by atoms with Gasteiger partial charge in [-0.05, 0) is 30.5 Å². The largest absolute Gasteiger partial charge is 0.355 e. The Hall–Kier alpha value is -2.40. The smallest absolute Gasteiger partial charge is 0.259 e. The first kappa shape index (κ1) is 16.1. The number of dihydropyridines is 1. The van der Waals surface area contributed by atoms with Crippen LogP contribution in [0.2, 0.25) is 5.02 Å². The fourth-order valence-corrected chi connectivity index (χ4v) is 3.71. The average Bonchev–Trinajstić information content (AvgIpc) is 3.32. The fourth-order valence-electron chi connectivity index (χ4n) is 3.52. The normalized spacial score (nSPS) is 22.5. The summed E-state index contributed by atoms with van der Waals surface area (Å²) in [6.45, 7) is 2.30. The summed E-state index contributed by atoms with van der Waals surface area (Å²) in [5.74, 6) is 1.30. The molecule has 3 heterocycles. The number of nitrogens with zero attached hydrogens (tertiary/aromatic N) is 3. The van der Waals surface area contributed by atoms with Crippen LogP contribution in [0.4, 0.5) is 0 Å². The van der Waals surface area contributed by atoms with E-state index in [0.717, 1.165) is 31.6 Å². The quantitative estimate of drug-likeness (QED) is 0.843. The molecular formula is C19H18ClN3O2. The molecule has 1 saturated heterocycles. The summed E-state index contributed by atoms with van der Waals surface area (Å²) < 4.78 is 5.34. The van der Waals surface area contributed by atoms with E-state index in [9.17, 15) is 4.79 Å². The predicted octanol–water partition coefficient (Wildman–Crippen LogP) is 3.71. The summed E-state index contributed by atoms with van der Waals surface area (Å²) in [6, 6.07) is 7.25. The molecule has 2 atom stereocenters. The van der Waals surface area contributed by atoms with E-state index >= 15 is 0 Å². The van der Waals surface area contributed by atoms with E-state index in [1.165, 1.54) is 6.20 Å². The third-order valence-corrected chi connectivity index (χ3v) is 5.11. The maximum absolute atomic E-state index is 13.0. The lowest BCUT2D eigenvalue weighted by Crippen LogP contribution is -2.30. The summed E-state index contributed by atoms with van der Waals surface area (Å²) in [6.07, 6.45) is 8.52. The molecule has 1 aromatic heterocycles. The molecule has 128 valence electrons. The van der Waals surface area contributed by atoms with Gasteiger partial charge in [-0.15, -0.1) is 0 Å². The highest BCUT2D eigenvalue weighted by atomic mass is 35.5. The maximum Gasteiger partial charge on any atom is 0.259 e. The Morgan fingerprint density at radius 3 is 3.08 bits per heavy atom. The lowest BCUT2D eigenvalue weighted by molar-refractivity contribution is 0.0785. The number of hydrogen-bond acceptors (Lipinski definition) is 4. The molecule has 0 N–H and O–H groups in total. The van der Waals surface area contributed by atoms with Gasteiger partial charge >= 0.3 is 0 Å². The van der Waals surface area contributed by atoms with Crippen LogP contribution in [0, 0.1) is 11.8 Å². The number of benzene rings is 1. The molecule has 0 bridgehead atoms. The van der Waals surface area contributed by atoms with Crippen molar-refractivity contribution < 1.29 is 9.32 Å². The number of likely N-dealkylation sites (tertiary alicyclic amines) is 1. The van der Waals surface area contributed by atoms with Gasteiger partial charge in [-0.2, -0.15) is 0 Å². The zero-order valence-electron chi connectivity index (χ0n) is 13.6. The average molecular weight is 356 g/mol. The van der Waals surface area contributed by atoms with Crippen LogP contribution in [0.3, 0.4) is 0 Å². The van der Waals surface area contributed by atoms with Crippen LogP contribution in [-0.4, -0.2) is 41.8 Å². The second-order valence-corrected chi connectivity index (χ2v) is 6.88. The second kappa shape index (κ2) is 6.84. The van der Waals surface area contributed by atoms with Gasteiger partial charge in [-0.25, -0.2) is 0 Å². The fraction of sp³-hybridized carbons (Fsp3) is 0.316. The Morgan fingerprint density at radius 1 is 1.36 bits per heavy atom. The van der Waals surface area contributed by atoms with Crippen molar-refractivity contribution in [3.8, 4) is 11.3 Å². The Labute approximate surface area is 151 Å². The van der Waals surface area contributed by atoms with Crippen molar-refractivity contribution in [1.29, 1.82) is 0 Å². The molecule has 4 rings (SSSR count). The van der Waals surface area contributed by atoms with E-state index in [1.54, 1.807) is 12.1 Å². The minimum absolute atomic E-state index is 0.0398. The molecule has 2 aliphatic rings. The first-order chi connectivity index (χ1) is 12.2. The van der Waals surface area contributed by atoms with Gasteiger partial charge in [0.2, 0.25) is 0 Å². The Kier molecular flexibility index (Phi) is 4.40. The lowest BCUT2D eigenvalue weighted by Gasteiger charge is -2.21. The molecule has 1 aromatic carbocycles. The Balaban J connectivity index is 1.52. The van der Waals surface area contributed by atoms with Gasteiger partial charge < -0.3 is 9.42 Å². The van der Waals surface area contributed by atoms with Gasteiger partial charge in [-0.3, -0.25) is 9.79 Å². The van der Waals surface area contributed by atoms with Crippen molar-refractivity contribution in [1.82, 2.24) is 10.1 Å². The number of carbonyl (C=O) groups excluding carboxylic acids is 1. The second-order valence-electron chi connectivity index (χ2n) is 6.44. The van der Waals surface area contributed by atoms with Crippen molar-refractivity contribution in [2.24, 2.45) is 16.8 Å². The number of allylic oxidation sites excluding steroid dienone is 1. The van der Waals surface area contributed by atoms with Gasteiger partial charge in [-0.1, -0.05) is 35.0 Å². The van der Waals surface area contributed by atoms with E-state index in [-0.39, 0.29) is 5.91 Å². The van der Waals surface area contributed by atoms with Crippen LogP contribution in [0.25, 0.3) is 11.3 Å². The molecule has 25 heavy (non-hydrogen) atoms. The van der Waals surface area contributed by atoms with Crippen molar-refractivity contribution in [3.63, 3.8) is 0 Å².